The molecular formula is C14H19BrClF. The first-order chi connectivity index (χ1) is 8.15. The van der Waals surface area contributed by atoms with Crippen molar-refractivity contribution in [3.05, 3.63) is 34.6 Å². The zero-order valence-corrected chi connectivity index (χ0v) is 12.5. The molecule has 1 aromatic rings. The Morgan fingerprint density at radius 1 is 1.29 bits per heavy atom. The quantitative estimate of drug-likeness (QED) is 0.443. The summed E-state index contributed by atoms with van der Waals surface area (Å²) in [6.45, 7) is 2.20. The molecule has 0 aliphatic carbocycles. The molecule has 0 saturated heterocycles. The van der Waals surface area contributed by atoms with Crippen molar-refractivity contribution in [2.45, 2.75) is 50.3 Å². The highest BCUT2D eigenvalue weighted by Gasteiger charge is 2.12. The minimum Gasteiger partial charge on any atom is -0.207 e. The summed E-state index contributed by atoms with van der Waals surface area (Å²) in [5.41, 5.74) is 0.631. The third-order valence-electron chi connectivity index (χ3n) is 2.86. The predicted molar refractivity (Wildman–Crippen MR) is 76.6 cm³/mol. The van der Waals surface area contributed by atoms with Crippen molar-refractivity contribution in [3.8, 4) is 0 Å². The fourth-order valence-electron chi connectivity index (χ4n) is 1.84. The zero-order valence-electron chi connectivity index (χ0n) is 10.2. The van der Waals surface area contributed by atoms with Crippen LogP contribution in [0.2, 0.25) is 5.02 Å². The normalized spacial score (nSPS) is 12.7. The Morgan fingerprint density at radius 2 is 2.06 bits per heavy atom. The number of benzene rings is 1. The number of unbranched alkanes of at least 4 members (excludes halogenated alkanes) is 3. The molecule has 0 aliphatic rings. The van der Waals surface area contributed by atoms with E-state index in [2.05, 4.69) is 22.9 Å². The standard InChI is InChI=1S/C14H19BrClF/c1-2-3-4-5-7-11(15)10-12-13(16)8-6-9-14(12)17/h6,8-9,11H,2-5,7,10H2,1H3. The van der Waals surface area contributed by atoms with Gasteiger partial charge in [-0.3, -0.25) is 0 Å². The Balaban J connectivity index is 2.42. The molecule has 0 radical (unpaired) electrons. The van der Waals surface area contributed by atoms with Gasteiger partial charge in [-0.25, -0.2) is 4.39 Å². The molecule has 0 spiro atoms. The molecule has 0 heterocycles. The molecule has 3 heteroatoms. The molecule has 1 atom stereocenters. The van der Waals surface area contributed by atoms with Crippen LogP contribution < -0.4 is 0 Å². The lowest BCUT2D eigenvalue weighted by atomic mass is 10.0. The van der Waals surface area contributed by atoms with Crippen LogP contribution in [0, 0.1) is 5.82 Å². The van der Waals surface area contributed by atoms with Gasteiger partial charge in [0.25, 0.3) is 0 Å². The largest absolute Gasteiger partial charge is 0.207 e. The molecule has 96 valence electrons. The van der Waals surface area contributed by atoms with Crippen LogP contribution in [0.15, 0.2) is 18.2 Å². The van der Waals surface area contributed by atoms with E-state index in [0.717, 1.165) is 6.42 Å². The second-order valence-corrected chi connectivity index (χ2v) is 6.05. The van der Waals surface area contributed by atoms with Crippen molar-refractivity contribution in [1.29, 1.82) is 0 Å². The number of hydrogen-bond donors (Lipinski definition) is 0. The molecule has 17 heavy (non-hydrogen) atoms. The Morgan fingerprint density at radius 3 is 2.71 bits per heavy atom. The Kier molecular flexibility index (Phi) is 7.14. The summed E-state index contributed by atoms with van der Waals surface area (Å²) in [4.78, 5) is 0.314. The van der Waals surface area contributed by atoms with Gasteiger partial charge in [0.15, 0.2) is 0 Å². The van der Waals surface area contributed by atoms with Crippen LogP contribution in [0.3, 0.4) is 0 Å². The number of hydrogen-bond acceptors (Lipinski definition) is 0. The van der Waals surface area contributed by atoms with E-state index in [-0.39, 0.29) is 5.82 Å². The fraction of sp³-hybridized carbons (Fsp3) is 0.571. The van der Waals surface area contributed by atoms with Gasteiger partial charge in [-0.05, 0) is 25.0 Å². The van der Waals surface area contributed by atoms with Crippen molar-refractivity contribution in [3.63, 3.8) is 0 Å². The van der Waals surface area contributed by atoms with E-state index < -0.39 is 0 Å². The van der Waals surface area contributed by atoms with Crippen LogP contribution in [0.5, 0.6) is 0 Å². The molecule has 1 rings (SSSR count). The van der Waals surface area contributed by atoms with E-state index in [4.69, 9.17) is 11.6 Å². The molecule has 0 aliphatic heterocycles. The first-order valence-corrected chi connectivity index (χ1v) is 7.51. The van der Waals surface area contributed by atoms with Gasteiger partial charge in [-0.2, -0.15) is 0 Å². The highest BCUT2D eigenvalue weighted by atomic mass is 79.9. The van der Waals surface area contributed by atoms with Gasteiger partial charge < -0.3 is 0 Å². The van der Waals surface area contributed by atoms with E-state index in [0.29, 0.717) is 21.8 Å². The van der Waals surface area contributed by atoms with E-state index >= 15 is 0 Å². The number of halogens is 3. The van der Waals surface area contributed by atoms with E-state index in [9.17, 15) is 4.39 Å². The summed E-state index contributed by atoms with van der Waals surface area (Å²) < 4.78 is 13.5. The molecule has 0 nitrogen and oxygen atoms in total. The fourth-order valence-corrected chi connectivity index (χ4v) is 2.73. The van der Waals surface area contributed by atoms with Gasteiger partial charge in [0.05, 0.1) is 0 Å². The van der Waals surface area contributed by atoms with Crippen LogP contribution in [0.1, 0.15) is 44.6 Å². The SMILES string of the molecule is CCCCCCC(Br)Cc1c(F)cccc1Cl. The molecular weight excluding hydrogens is 303 g/mol. The first-order valence-electron chi connectivity index (χ1n) is 6.22. The number of alkyl halides is 1. The van der Waals surface area contributed by atoms with Crippen molar-refractivity contribution in [2.24, 2.45) is 0 Å². The van der Waals surface area contributed by atoms with Gasteiger partial charge in [-0.1, -0.05) is 66.2 Å². The second-order valence-electron chi connectivity index (χ2n) is 4.35. The average Bonchev–Trinajstić information content (AvgIpc) is 2.30. The second kappa shape index (κ2) is 8.10. The highest BCUT2D eigenvalue weighted by Crippen LogP contribution is 2.24. The molecule has 1 unspecified atom stereocenters. The highest BCUT2D eigenvalue weighted by molar-refractivity contribution is 9.09. The van der Waals surface area contributed by atoms with Crippen LogP contribution >= 0.6 is 27.5 Å². The smallest absolute Gasteiger partial charge is 0.127 e. The summed E-state index contributed by atoms with van der Waals surface area (Å²) in [5, 5.41) is 0.531. The van der Waals surface area contributed by atoms with Crippen molar-refractivity contribution in [1.82, 2.24) is 0 Å². The predicted octanol–water partition coefficient (Wildman–Crippen LogP) is 5.76. The molecule has 0 N–H and O–H groups in total. The minimum atomic E-state index is -0.199. The minimum absolute atomic E-state index is 0.199. The third-order valence-corrected chi connectivity index (χ3v) is 3.99. The van der Waals surface area contributed by atoms with Gasteiger partial charge >= 0.3 is 0 Å². The summed E-state index contributed by atoms with van der Waals surface area (Å²) in [6.07, 6.45) is 6.70. The van der Waals surface area contributed by atoms with Gasteiger partial charge in [-0.15, -0.1) is 0 Å². The van der Waals surface area contributed by atoms with Crippen LogP contribution in [0.25, 0.3) is 0 Å². The maximum atomic E-state index is 13.5. The average molecular weight is 322 g/mol. The topological polar surface area (TPSA) is 0 Å². The lowest BCUT2D eigenvalue weighted by Gasteiger charge is -2.11. The summed E-state index contributed by atoms with van der Waals surface area (Å²) in [5.74, 6) is -0.199. The van der Waals surface area contributed by atoms with Gasteiger partial charge in [0.1, 0.15) is 5.82 Å². The lowest BCUT2D eigenvalue weighted by Crippen LogP contribution is -2.05. The maximum absolute atomic E-state index is 13.5. The lowest BCUT2D eigenvalue weighted by molar-refractivity contribution is 0.589. The Labute approximate surface area is 117 Å². The van der Waals surface area contributed by atoms with Gasteiger partial charge in [0, 0.05) is 15.4 Å². The monoisotopic (exact) mass is 320 g/mol. The van der Waals surface area contributed by atoms with Gasteiger partial charge in [0.2, 0.25) is 0 Å². The van der Waals surface area contributed by atoms with Crippen molar-refractivity contribution >= 4 is 27.5 Å². The Hall–Kier alpha value is -0.0800. The molecule has 0 bridgehead atoms. The molecule has 0 fully saturated rings. The van der Waals surface area contributed by atoms with Crippen molar-refractivity contribution < 1.29 is 4.39 Å². The van der Waals surface area contributed by atoms with Crippen molar-refractivity contribution in [2.75, 3.05) is 0 Å². The van der Waals surface area contributed by atoms with Crippen LogP contribution in [0.4, 0.5) is 4.39 Å². The molecule has 1 aromatic carbocycles. The first kappa shape index (κ1) is 15.0. The number of rotatable bonds is 7. The Bertz CT molecular complexity index is 321. The van der Waals surface area contributed by atoms with E-state index in [1.165, 1.54) is 31.7 Å². The van der Waals surface area contributed by atoms with E-state index in [1.807, 2.05) is 0 Å². The van der Waals surface area contributed by atoms with E-state index in [1.54, 1.807) is 12.1 Å². The maximum Gasteiger partial charge on any atom is 0.127 e. The summed E-state index contributed by atoms with van der Waals surface area (Å²) >= 11 is 9.61. The summed E-state index contributed by atoms with van der Waals surface area (Å²) in [6, 6.07) is 4.86. The van der Waals surface area contributed by atoms with Crippen LogP contribution in [-0.4, -0.2) is 4.83 Å². The third kappa shape index (κ3) is 5.39. The summed E-state index contributed by atoms with van der Waals surface area (Å²) in [7, 11) is 0. The molecule has 0 saturated carbocycles. The molecule has 0 amide bonds. The molecule has 0 aromatic heterocycles. The van der Waals surface area contributed by atoms with Crippen LogP contribution in [-0.2, 0) is 6.42 Å². The zero-order chi connectivity index (χ0) is 12.7.